The van der Waals surface area contributed by atoms with Gasteiger partial charge in [0, 0.05) is 71.5 Å². The first kappa shape index (κ1) is 25.4. The minimum Gasteiger partial charge on any atom is -0.490 e. The highest BCUT2D eigenvalue weighted by Gasteiger charge is 2.62. The fraction of sp³-hybridized carbons (Fsp3) is 0.708. The van der Waals surface area contributed by atoms with E-state index < -0.39 is 5.60 Å². The molecule has 2 amide bonds. The summed E-state index contributed by atoms with van der Waals surface area (Å²) in [6.45, 7) is 7.49. The van der Waals surface area contributed by atoms with E-state index in [1.807, 2.05) is 17.0 Å². The van der Waals surface area contributed by atoms with Crippen molar-refractivity contribution in [2.45, 2.75) is 64.2 Å². The van der Waals surface area contributed by atoms with Crippen molar-refractivity contribution in [2.24, 2.45) is 5.92 Å². The van der Waals surface area contributed by atoms with Gasteiger partial charge in [-0.05, 0) is 18.4 Å². The van der Waals surface area contributed by atoms with Gasteiger partial charge in [-0.25, -0.2) is 0 Å². The number of ether oxygens (including phenoxy) is 4. The van der Waals surface area contributed by atoms with Gasteiger partial charge in [-0.2, -0.15) is 0 Å². The van der Waals surface area contributed by atoms with Gasteiger partial charge in [0.25, 0.3) is 5.91 Å². The summed E-state index contributed by atoms with van der Waals surface area (Å²) >= 11 is 0. The highest BCUT2D eigenvalue weighted by molar-refractivity contribution is 5.93. The second kappa shape index (κ2) is 11.3. The third-order valence-electron chi connectivity index (χ3n) is 6.36. The van der Waals surface area contributed by atoms with Crippen molar-refractivity contribution in [2.75, 3.05) is 40.8 Å². The van der Waals surface area contributed by atoms with E-state index in [-0.39, 0.29) is 37.5 Å². The number of rotatable bonds is 11. The number of carbonyl (C=O) groups excluding carboxylic acids is 2. The number of carbonyl (C=O) groups is 2. The lowest BCUT2D eigenvalue weighted by Gasteiger charge is -2.55. The Labute approximate surface area is 196 Å². The summed E-state index contributed by atoms with van der Waals surface area (Å²) in [6.07, 6.45) is 4.44. The van der Waals surface area contributed by atoms with E-state index in [4.69, 9.17) is 18.9 Å². The van der Waals surface area contributed by atoms with Crippen molar-refractivity contribution < 1.29 is 28.5 Å². The van der Waals surface area contributed by atoms with Crippen LogP contribution in [-0.2, 0) is 30.2 Å². The quantitative estimate of drug-likeness (QED) is 0.367. The van der Waals surface area contributed by atoms with Gasteiger partial charge < -0.3 is 28.7 Å². The molecule has 9 heteroatoms. The fourth-order valence-corrected chi connectivity index (χ4v) is 4.71. The summed E-state index contributed by atoms with van der Waals surface area (Å²) in [7, 11) is 3.13. The maximum atomic E-state index is 13.2. The molecule has 3 heterocycles. The molecule has 0 spiro atoms. The second-order valence-electron chi connectivity index (χ2n) is 9.26. The van der Waals surface area contributed by atoms with Gasteiger partial charge in [0.15, 0.2) is 5.60 Å². The number of likely N-dealkylation sites (tertiary alicyclic amines) is 2. The lowest BCUT2D eigenvalue weighted by Crippen LogP contribution is -2.76. The molecule has 0 aromatic carbocycles. The third kappa shape index (κ3) is 5.83. The molecule has 1 aromatic heterocycles. The number of hydrogen-bond acceptors (Lipinski definition) is 7. The SMILES string of the molecule is COCO[C@@]1(Cc2cc(OC3CCN(C(C)=O)CC3)ccn2)C(=O)N(COC)[C@H]1CC(C)C. The van der Waals surface area contributed by atoms with Crippen LogP contribution in [-0.4, -0.2) is 85.2 Å². The van der Waals surface area contributed by atoms with Crippen LogP contribution in [0.1, 0.15) is 45.7 Å². The van der Waals surface area contributed by atoms with Gasteiger partial charge in [0.1, 0.15) is 25.4 Å². The minimum atomic E-state index is -1.04. The number of nitrogens with zero attached hydrogens (tertiary/aromatic N) is 3. The Morgan fingerprint density at radius 1 is 1.24 bits per heavy atom. The molecule has 0 N–H and O–H groups in total. The van der Waals surface area contributed by atoms with E-state index in [2.05, 4.69) is 18.8 Å². The first-order chi connectivity index (χ1) is 15.8. The molecule has 0 radical (unpaired) electrons. The Balaban J connectivity index is 1.74. The third-order valence-corrected chi connectivity index (χ3v) is 6.36. The summed E-state index contributed by atoms with van der Waals surface area (Å²) in [5.74, 6) is 1.07. The van der Waals surface area contributed by atoms with Crippen LogP contribution in [0.25, 0.3) is 0 Å². The standard InChI is InChI=1S/C24H37N3O6/c1-17(2)12-22-24(32-16-31-5,23(29)27(22)15-30-4)14-19-13-21(6-9-25-19)33-20-7-10-26(11-8-20)18(3)28/h6,9,13,17,20,22H,7-8,10-12,14-16H2,1-5H3/t22-,24+/m0/s1. The molecule has 0 unspecified atom stereocenters. The fourth-order valence-electron chi connectivity index (χ4n) is 4.71. The number of pyridine rings is 1. The second-order valence-corrected chi connectivity index (χ2v) is 9.26. The van der Waals surface area contributed by atoms with Gasteiger partial charge in [-0.1, -0.05) is 13.8 Å². The lowest BCUT2D eigenvalue weighted by atomic mass is 9.75. The summed E-state index contributed by atoms with van der Waals surface area (Å²) in [6, 6.07) is 3.57. The average Bonchev–Trinajstić information content (AvgIpc) is 2.79. The number of aromatic nitrogens is 1. The van der Waals surface area contributed by atoms with Crippen molar-refractivity contribution >= 4 is 11.8 Å². The smallest absolute Gasteiger partial charge is 0.259 e. The van der Waals surface area contributed by atoms with E-state index in [0.717, 1.165) is 25.0 Å². The molecule has 2 atom stereocenters. The Morgan fingerprint density at radius 2 is 1.97 bits per heavy atom. The first-order valence-electron chi connectivity index (χ1n) is 11.6. The normalized spacial score (nSPS) is 23.7. The molecule has 2 aliphatic heterocycles. The molecule has 2 fully saturated rings. The number of methoxy groups -OCH3 is 2. The number of β-lactam (4-membered cyclic amide) rings is 1. The van der Waals surface area contributed by atoms with Crippen molar-refractivity contribution in [3.05, 3.63) is 24.0 Å². The maximum Gasteiger partial charge on any atom is 0.259 e. The summed E-state index contributed by atoms with van der Waals surface area (Å²) in [5, 5.41) is 0. The zero-order chi connectivity index (χ0) is 24.0. The van der Waals surface area contributed by atoms with Crippen LogP contribution in [0.15, 0.2) is 18.3 Å². The average molecular weight is 464 g/mol. The summed E-state index contributed by atoms with van der Waals surface area (Å²) in [5.41, 5.74) is -0.319. The zero-order valence-electron chi connectivity index (χ0n) is 20.4. The van der Waals surface area contributed by atoms with E-state index in [1.165, 1.54) is 0 Å². The zero-order valence-corrected chi connectivity index (χ0v) is 20.4. The Kier molecular flexibility index (Phi) is 8.67. The molecule has 1 aromatic rings. The van der Waals surface area contributed by atoms with Crippen LogP contribution in [0, 0.1) is 5.92 Å². The van der Waals surface area contributed by atoms with E-state index in [9.17, 15) is 9.59 Å². The molecule has 9 nitrogen and oxygen atoms in total. The first-order valence-corrected chi connectivity index (χ1v) is 11.6. The van der Waals surface area contributed by atoms with Crippen LogP contribution < -0.4 is 4.74 Å². The van der Waals surface area contributed by atoms with Crippen LogP contribution in [0.2, 0.25) is 0 Å². The van der Waals surface area contributed by atoms with Gasteiger partial charge in [0.2, 0.25) is 5.91 Å². The number of amides is 2. The predicted octanol–water partition coefficient (Wildman–Crippen LogP) is 2.23. The van der Waals surface area contributed by atoms with Crippen LogP contribution in [0.3, 0.4) is 0 Å². The molecule has 0 bridgehead atoms. The minimum absolute atomic E-state index is 0.0199. The maximum absolute atomic E-state index is 13.2. The highest BCUT2D eigenvalue weighted by Crippen LogP contribution is 2.41. The van der Waals surface area contributed by atoms with Crippen molar-refractivity contribution in [1.29, 1.82) is 0 Å². The molecular formula is C24H37N3O6. The van der Waals surface area contributed by atoms with Crippen LogP contribution in [0.5, 0.6) is 5.75 Å². The Morgan fingerprint density at radius 3 is 2.58 bits per heavy atom. The summed E-state index contributed by atoms with van der Waals surface area (Å²) < 4.78 is 22.7. The molecule has 2 saturated heterocycles. The number of hydrogen-bond donors (Lipinski definition) is 0. The molecule has 3 rings (SSSR count). The van der Waals surface area contributed by atoms with Crippen molar-refractivity contribution in [3.8, 4) is 5.75 Å². The number of piperidine rings is 1. The van der Waals surface area contributed by atoms with Gasteiger partial charge in [-0.3, -0.25) is 14.6 Å². The van der Waals surface area contributed by atoms with Crippen LogP contribution >= 0.6 is 0 Å². The summed E-state index contributed by atoms with van der Waals surface area (Å²) in [4.78, 5) is 32.9. The molecule has 0 saturated carbocycles. The molecule has 33 heavy (non-hydrogen) atoms. The predicted molar refractivity (Wildman–Crippen MR) is 122 cm³/mol. The largest absolute Gasteiger partial charge is 0.490 e. The van der Waals surface area contributed by atoms with E-state index in [1.54, 1.807) is 32.2 Å². The molecule has 0 aliphatic carbocycles. The molecule has 2 aliphatic rings. The van der Waals surface area contributed by atoms with E-state index in [0.29, 0.717) is 31.2 Å². The lowest BCUT2D eigenvalue weighted by molar-refractivity contribution is -0.235. The van der Waals surface area contributed by atoms with Crippen LogP contribution in [0.4, 0.5) is 0 Å². The van der Waals surface area contributed by atoms with Gasteiger partial charge >= 0.3 is 0 Å². The molecule has 184 valence electrons. The van der Waals surface area contributed by atoms with Gasteiger partial charge in [-0.15, -0.1) is 0 Å². The highest BCUT2D eigenvalue weighted by atomic mass is 16.7. The Bertz CT molecular complexity index is 811. The molecular weight excluding hydrogens is 426 g/mol. The van der Waals surface area contributed by atoms with E-state index >= 15 is 0 Å². The van der Waals surface area contributed by atoms with Gasteiger partial charge in [0.05, 0.1) is 6.04 Å². The Hall–Kier alpha value is -2.23. The monoisotopic (exact) mass is 463 g/mol. The topological polar surface area (TPSA) is 90.4 Å². The van der Waals surface area contributed by atoms with Crippen molar-refractivity contribution in [1.82, 2.24) is 14.8 Å². The van der Waals surface area contributed by atoms with Crippen molar-refractivity contribution in [3.63, 3.8) is 0 Å².